The van der Waals surface area contributed by atoms with E-state index in [1.54, 1.807) is 13.2 Å². The summed E-state index contributed by atoms with van der Waals surface area (Å²) >= 11 is 6.20. The zero-order chi connectivity index (χ0) is 14.5. The van der Waals surface area contributed by atoms with E-state index in [4.69, 9.17) is 27.3 Å². The second kappa shape index (κ2) is 6.81. The molecule has 1 aliphatic heterocycles. The Labute approximate surface area is 124 Å². The molecule has 0 saturated carbocycles. The molecule has 1 saturated heterocycles. The summed E-state index contributed by atoms with van der Waals surface area (Å²) in [5.74, 6) is 0.535. The Hall–Kier alpha value is -1.46. The maximum atomic E-state index is 8.94. The Kier molecular flexibility index (Phi) is 5.09. The molecule has 1 aliphatic rings. The van der Waals surface area contributed by atoms with Crippen LogP contribution in [0.15, 0.2) is 23.4 Å². The number of ether oxygens (including phenoxy) is 1. The normalized spacial score (nSPS) is 20.2. The van der Waals surface area contributed by atoms with Crippen molar-refractivity contribution in [3.05, 3.63) is 28.8 Å². The van der Waals surface area contributed by atoms with E-state index in [2.05, 4.69) is 10.1 Å². The summed E-state index contributed by atoms with van der Waals surface area (Å²) in [5, 5.41) is 12.5. The van der Waals surface area contributed by atoms with Crippen LogP contribution in [0.5, 0.6) is 0 Å². The second-order valence-corrected chi connectivity index (χ2v) is 5.44. The number of benzene rings is 1. The Morgan fingerprint density at radius 2 is 2.40 bits per heavy atom. The predicted molar refractivity (Wildman–Crippen MR) is 80.8 cm³/mol. The van der Waals surface area contributed by atoms with Crippen LogP contribution in [0.2, 0.25) is 5.02 Å². The quantitative estimate of drug-likeness (QED) is 0.387. The highest BCUT2D eigenvalue weighted by atomic mass is 35.5. The van der Waals surface area contributed by atoms with Crippen molar-refractivity contribution in [2.75, 3.05) is 31.7 Å². The lowest BCUT2D eigenvalue weighted by molar-refractivity contribution is 0.143. The number of oxime groups is 1. The number of nitrogens with zero attached hydrogens (tertiary/aromatic N) is 2. The van der Waals surface area contributed by atoms with Gasteiger partial charge in [0.25, 0.3) is 0 Å². The van der Waals surface area contributed by atoms with Crippen molar-refractivity contribution in [1.82, 2.24) is 0 Å². The zero-order valence-corrected chi connectivity index (χ0v) is 12.3. The first kappa shape index (κ1) is 14.9. The molecular weight excluding hydrogens is 278 g/mol. The summed E-state index contributed by atoms with van der Waals surface area (Å²) in [6.45, 7) is 2.57. The molecule has 110 valence electrons. The molecule has 0 aliphatic carbocycles. The lowest BCUT2D eigenvalue weighted by Crippen LogP contribution is -2.38. The third-order valence-corrected chi connectivity index (χ3v) is 3.93. The third kappa shape index (κ3) is 3.16. The third-order valence-electron chi connectivity index (χ3n) is 3.62. The minimum atomic E-state index is 0.0412. The highest BCUT2D eigenvalue weighted by Crippen LogP contribution is 2.30. The van der Waals surface area contributed by atoms with E-state index in [9.17, 15) is 0 Å². The highest BCUT2D eigenvalue weighted by molar-refractivity contribution is 6.34. The smallest absolute Gasteiger partial charge is 0.173 e. The van der Waals surface area contributed by atoms with Crippen molar-refractivity contribution in [2.24, 2.45) is 16.8 Å². The first-order chi connectivity index (χ1) is 9.67. The van der Waals surface area contributed by atoms with E-state index in [0.29, 0.717) is 16.5 Å². The largest absolute Gasteiger partial charge is 0.409 e. The maximum Gasteiger partial charge on any atom is 0.173 e. The maximum absolute atomic E-state index is 8.94. The van der Waals surface area contributed by atoms with Gasteiger partial charge >= 0.3 is 0 Å². The van der Waals surface area contributed by atoms with Crippen molar-refractivity contribution >= 4 is 23.1 Å². The SMILES string of the molecule is COCC1CCCN(c2cccc(Cl)c2/C(N)=N/O)C1. The van der Waals surface area contributed by atoms with E-state index in [0.717, 1.165) is 38.2 Å². The van der Waals surface area contributed by atoms with Crippen LogP contribution in [0.1, 0.15) is 18.4 Å². The molecular formula is C14H20ClN3O2. The van der Waals surface area contributed by atoms with E-state index in [-0.39, 0.29) is 5.84 Å². The molecule has 1 atom stereocenters. The summed E-state index contributed by atoms with van der Waals surface area (Å²) in [4.78, 5) is 2.23. The van der Waals surface area contributed by atoms with E-state index in [1.165, 1.54) is 0 Å². The summed E-state index contributed by atoms with van der Waals surface area (Å²) in [7, 11) is 1.72. The number of nitrogens with two attached hydrogens (primary N) is 1. The van der Waals surface area contributed by atoms with Gasteiger partial charge in [0.05, 0.1) is 17.2 Å². The molecule has 5 nitrogen and oxygen atoms in total. The van der Waals surface area contributed by atoms with Gasteiger partial charge in [-0.1, -0.05) is 22.8 Å². The molecule has 0 aromatic heterocycles. The molecule has 2 rings (SSSR count). The monoisotopic (exact) mass is 297 g/mol. The number of anilines is 1. The molecule has 3 N–H and O–H groups in total. The average molecular weight is 298 g/mol. The number of hydrogen-bond acceptors (Lipinski definition) is 4. The van der Waals surface area contributed by atoms with Gasteiger partial charge in [-0.2, -0.15) is 0 Å². The van der Waals surface area contributed by atoms with Gasteiger partial charge in [0.2, 0.25) is 0 Å². The van der Waals surface area contributed by atoms with Crippen molar-refractivity contribution in [2.45, 2.75) is 12.8 Å². The molecule has 0 radical (unpaired) electrons. The number of amidine groups is 1. The highest BCUT2D eigenvalue weighted by Gasteiger charge is 2.23. The molecule has 6 heteroatoms. The van der Waals surface area contributed by atoms with Gasteiger partial charge in [0.1, 0.15) is 0 Å². The van der Waals surface area contributed by atoms with Gasteiger partial charge in [-0.3, -0.25) is 0 Å². The van der Waals surface area contributed by atoms with Crippen LogP contribution >= 0.6 is 11.6 Å². The molecule has 0 amide bonds. The summed E-state index contributed by atoms with van der Waals surface area (Å²) in [6.07, 6.45) is 2.25. The van der Waals surface area contributed by atoms with Crippen LogP contribution in [-0.4, -0.2) is 37.8 Å². The molecule has 1 heterocycles. The summed E-state index contributed by atoms with van der Waals surface area (Å²) in [6, 6.07) is 5.58. The minimum Gasteiger partial charge on any atom is -0.409 e. The van der Waals surface area contributed by atoms with Crippen LogP contribution < -0.4 is 10.6 Å². The van der Waals surface area contributed by atoms with Crippen LogP contribution in [-0.2, 0) is 4.74 Å². The fraction of sp³-hybridized carbons (Fsp3) is 0.500. The molecule has 0 spiro atoms. The first-order valence-corrected chi connectivity index (χ1v) is 7.05. The van der Waals surface area contributed by atoms with E-state index >= 15 is 0 Å². The van der Waals surface area contributed by atoms with Gasteiger partial charge in [-0.25, -0.2) is 0 Å². The molecule has 1 unspecified atom stereocenters. The van der Waals surface area contributed by atoms with Crippen molar-refractivity contribution in [1.29, 1.82) is 0 Å². The number of rotatable bonds is 4. The Balaban J connectivity index is 2.30. The number of halogens is 1. The average Bonchev–Trinajstić information content (AvgIpc) is 2.47. The van der Waals surface area contributed by atoms with Gasteiger partial charge in [0.15, 0.2) is 5.84 Å². The molecule has 1 fully saturated rings. The number of hydrogen-bond donors (Lipinski definition) is 2. The van der Waals surface area contributed by atoms with Crippen LogP contribution in [0.4, 0.5) is 5.69 Å². The van der Waals surface area contributed by atoms with Gasteiger partial charge < -0.3 is 20.6 Å². The topological polar surface area (TPSA) is 71.1 Å². The van der Waals surface area contributed by atoms with Crippen molar-refractivity contribution in [3.63, 3.8) is 0 Å². The van der Waals surface area contributed by atoms with Crippen LogP contribution in [0.3, 0.4) is 0 Å². The van der Waals surface area contributed by atoms with Gasteiger partial charge in [0, 0.05) is 25.9 Å². The summed E-state index contributed by atoms with van der Waals surface area (Å²) in [5.41, 5.74) is 7.26. The number of methoxy groups -OCH3 is 1. The molecule has 1 aromatic rings. The van der Waals surface area contributed by atoms with E-state index in [1.807, 2.05) is 12.1 Å². The minimum absolute atomic E-state index is 0.0412. The second-order valence-electron chi connectivity index (χ2n) is 5.03. The molecule has 20 heavy (non-hydrogen) atoms. The lowest BCUT2D eigenvalue weighted by Gasteiger charge is -2.35. The zero-order valence-electron chi connectivity index (χ0n) is 11.6. The van der Waals surface area contributed by atoms with Crippen molar-refractivity contribution < 1.29 is 9.94 Å². The Morgan fingerprint density at radius 1 is 1.60 bits per heavy atom. The Bertz CT molecular complexity index is 491. The predicted octanol–water partition coefficient (Wildman–Crippen LogP) is 2.30. The van der Waals surface area contributed by atoms with Crippen molar-refractivity contribution in [3.8, 4) is 0 Å². The lowest BCUT2D eigenvalue weighted by atomic mass is 9.97. The summed E-state index contributed by atoms with van der Waals surface area (Å²) < 4.78 is 5.25. The fourth-order valence-corrected chi connectivity index (χ4v) is 3.00. The first-order valence-electron chi connectivity index (χ1n) is 6.67. The van der Waals surface area contributed by atoms with E-state index < -0.39 is 0 Å². The fourth-order valence-electron chi connectivity index (χ4n) is 2.74. The molecule has 1 aromatic carbocycles. The number of piperidine rings is 1. The van der Waals surface area contributed by atoms with Gasteiger partial charge in [-0.15, -0.1) is 0 Å². The van der Waals surface area contributed by atoms with Crippen LogP contribution in [0.25, 0.3) is 0 Å². The van der Waals surface area contributed by atoms with Crippen LogP contribution in [0, 0.1) is 5.92 Å². The Morgan fingerprint density at radius 3 is 3.10 bits per heavy atom. The van der Waals surface area contributed by atoms with Gasteiger partial charge in [-0.05, 0) is 30.9 Å². The molecule has 0 bridgehead atoms. The standard InChI is InChI=1S/C14H20ClN3O2/c1-20-9-10-4-3-7-18(8-10)12-6-2-5-11(15)13(12)14(16)17-19/h2,5-6,10,19H,3-4,7-9H2,1H3,(H2,16,17).